The highest BCUT2D eigenvalue weighted by molar-refractivity contribution is 7.86. The molecule has 0 amide bonds. The van der Waals surface area contributed by atoms with E-state index in [-0.39, 0.29) is 11.8 Å². The van der Waals surface area contributed by atoms with Crippen LogP contribution >= 0.6 is 0 Å². The molecule has 1 fully saturated rings. The zero-order valence-electron chi connectivity index (χ0n) is 13.3. The number of nitriles is 1. The van der Waals surface area contributed by atoms with Crippen LogP contribution in [0.15, 0.2) is 24.3 Å². The third kappa shape index (κ3) is 5.10. The lowest BCUT2D eigenvalue weighted by molar-refractivity contribution is 0.139. The molecule has 1 aliphatic heterocycles. The summed E-state index contributed by atoms with van der Waals surface area (Å²) in [6.07, 6.45) is 1.01. The minimum atomic E-state index is -3.57. The highest BCUT2D eigenvalue weighted by Crippen LogP contribution is 2.25. The van der Waals surface area contributed by atoms with Crippen molar-refractivity contribution in [2.75, 3.05) is 51.1 Å². The van der Waals surface area contributed by atoms with Gasteiger partial charge in [-0.1, -0.05) is 6.07 Å². The zero-order valence-corrected chi connectivity index (χ0v) is 14.1. The molecule has 0 aromatic heterocycles. The van der Waals surface area contributed by atoms with Crippen LogP contribution in [0.3, 0.4) is 0 Å². The van der Waals surface area contributed by atoms with E-state index in [0.717, 1.165) is 25.0 Å². The number of methoxy groups -OCH3 is 1. The second-order valence-electron chi connectivity index (χ2n) is 5.42. The molecule has 0 spiro atoms. The molecule has 1 aromatic rings. The predicted octanol–water partition coefficient (Wildman–Crippen LogP) is 0.686. The number of hydrogen-bond donors (Lipinski definition) is 0. The molecule has 1 saturated heterocycles. The van der Waals surface area contributed by atoms with Gasteiger partial charge in [-0.05, 0) is 12.1 Å². The fourth-order valence-corrected chi connectivity index (χ4v) is 3.02. The van der Waals surface area contributed by atoms with Crippen molar-refractivity contribution in [1.82, 2.24) is 4.90 Å². The van der Waals surface area contributed by atoms with Gasteiger partial charge in [-0.3, -0.25) is 4.90 Å². The maximum atomic E-state index is 11.2. The van der Waals surface area contributed by atoms with E-state index < -0.39 is 10.1 Å². The van der Waals surface area contributed by atoms with Crippen LogP contribution in [0.5, 0.6) is 5.75 Å². The standard InChI is InChI=1S/C15H21N3O4S/c1-21-9-8-17-6-7-18(14(11-16)12-17)13-4-3-5-15(10-13)22-23(2,19)20/h3-5,10,14H,6-9,12H2,1-2H3. The Balaban J connectivity index is 2.12. The largest absolute Gasteiger partial charge is 0.383 e. The van der Waals surface area contributed by atoms with Crippen LogP contribution in [0.1, 0.15) is 0 Å². The normalized spacial score (nSPS) is 19.3. The summed E-state index contributed by atoms with van der Waals surface area (Å²) >= 11 is 0. The van der Waals surface area contributed by atoms with Gasteiger partial charge in [0.15, 0.2) is 0 Å². The van der Waals surface area contributed by atoms with Crippen molar-refractivity contribution < 1.29 is 17.3 Å². The van der Waals surface area contributed by atoms with Gasteiger partial charge < -0.3 is 13.8 Å². The zero-order chi connectivity index (χ0) is 16.9. The third-order valence-corrected chi connectivity index (χ3v) is 4.12. The molecule has 0 aliphatic carbocycles. The summed E-state index contributed by atoms with van der Waals surface area (Å²) in [4.78, 5) is 4.16. The molecular formula is C15H21N3O4S. The van der Waals surface area contributed by atoms with Crippen LogP contribution < -0.4 is 9.08 Å². The molecule has 126 valence electrons. The van der Waals surface area contributed by atoms with Crippen molar-refractivity contribution in [1.29, 1.82) is 5.26 Å². The van der Waals surface area contributed by atoms with Crippen molar-refractivity contribution in [3.63, 3.8) is 0 Å². The van der Waals surface area contributed by atoms with E-state index in [2.05, 4.69) is 11.0 Å². The lowest BCUT2D eigenvalue weighted by atomic mass is 10.1. The molecule has 0 N–H and O–H groups in total. The first-order chi connectivity index (χ1) is 10.9. The summed E-state index contributed by atoms with van der Waals surface area (Å²) < 4.78 is 32.5. The van der Waals surface area contributed by atoms with E-state index in [1.165, 1.54) is 0 Å². The van der Waals surface area contributed by atoms with Gasteiger partial charge in [0.05, 0.1) is 18.9 Å². The average Bonchev–Trinajstić information content (AvgIpc) is 2.51. The summed E-state index contributed by atoms with van der Waals surface area (Å²) in [6.45, 7) is 3.55. The van der Waals surface area contributed by atoms with Crippen LogP contribution in [0.2, 0.25) is 0 Å². The van der Waals surface area contributed by atoms with Crippen LogP contribution in [0, 0.1) is 11.3 Å². The van der Waals surface area contributed by atoms with Crippen molar-refractivity contribution in [3.8, 4) is 11.8 Å². The SMILES string of the molecule is COCCN1CCN(c2cccc(OS(C)(=O)=O)c2)C(C#N)C1. The fraction of sp³-hybridized carbons (Fsp3) is 0.533. The lowest BCUT2D eigenvalue weighted by Crippen LogP contribution is -2.53. The van der Waals surface area contributed by atoms with E-state index in [4.69, 9.17) is 8.92 Å². The van der Waals surface area contributed by atoms with E-state index in [1.54, 1.807) is 25.3 Å². The number of benzene rings is 1. The number of ether oxygens (including phenoxy) is 1. The molecule has 2 rings (SSSR count). The van der Waals surface area contributed by atoms with Crippen molar-refractivity contribution in [3.05, 3.63) is 24.3 Å². The molecule has 1 aliphatic rings. The predicted molar refractivity (Wildman–Crippen MR) is 87.0 cm³/mol. The quantitative estimate of drug-likeness (QED) is 0.705. The van der Waals surface area contributed by atoms with Gasteiger partial charge in [-0.15, -0.1) is 0 Å². The molecule has 0 bridgehead atoms. The lowest BCUT2D eigenvalue weighted by Gasteiger charge is -2.39. The van der Waals surface area contributed by atoms with Gasteiger partial charge >= 0.3 is 10.1 Å². The highest BCUT2D eigenvalue weighted by Gasteiger charge is 2.27. The van der Waals surface area contributed by atoms with Crippen LogP contribution in [0.25, 0.3) is 0 Å². The van der Waals surface area contributed by atoms with Gasteiger partial charge in [0.2, 0.25) is 0 Å². The van der Waals surface area contributed by atoms with E-state index in [1.807, 2.05) is 11.0 Å². The first kappa shape index (κ1) is 17.5. The topological polar surface area (TPSA) is 82.9 Å². The van der Waals surface area contributed by atoms with Gasteiger partial charge in [-0.2, -0.15) is 13.7 Å². The van der Waals surface area contributed by atoms with Crippen LogP contribution in [-0.2, 0) is 14.9 Å². The second kappa shape index (κ2) is 7.64. The molecule has 23 heavy (non-hydrogen) atoms. The average molecular weight is 339 g/mol. The number of rotatable bonds is 6. The monoisotopic (exact) mass is 339 g/mol. The van der Waals surface area contributed by atoms with E-state index >= 15 is 0 Å². The number of nitrogens with zero attached hydrogens (tertiary/aromatic N) is 3. The molecule has 1 aromatic carbocycles. The van der Waals surface area contributed by atoms with Crippen LogP contribution in [0.4, 0.5) is 5.69 Å². The molecule has 1 heterocycles. The Morgan fingerprint density at radius 1 is 1.39 bits per heavy atom. The number of anilines is 1. The summed E-state index contributed by atoms with van der Waals surface area (Å²) in [6, 6.07) is 8.82. The Morgan fingerprint density at radius 3 is 2.83 bits per heavy atom. The number of hydrogen-bond acceptors (Lipinski definition) is 7. The number of piperazine rings is 1. The third-order valence-electron chi connectivity index (χ3n) is 3.62. The van der Waals surface area contributed by atoms with Gasteiger partial charge in [-0.25, -0.2) is 0 Å². The van der Waals surface area contributed by atoms with E-state index in [9.17, 15) is 13.7 Å². The highest BCUT2D eigenvalue weighted by atomic mass is 32.2. The Morgan fingerprint density at radius 2 is 2.17 bits per heavy atom. The Kier molecular flexibility index (Phi) is 5.82. The van der Waals surface area contributed by atoms with Gasteiger partial charge in [0, 0.05) is 45.0 Å². The Hall–Kier alpha value is -1.82. The molecule has 1 atom stereocenters. The Bertz CT molecular complexity index is 672. The van der Waals surface area contributed by atoms with Gasteiger partial charge in [0.25, 0.3) is 0 Å². The molecule has 1 unspecified atom stereocenters. The molecule has 8 heteroatoms. The van der Waals surface area contributed by atoms with E-state index in [0.29, 0.717) is 19.7 Å². The fourth-order valence-electron chi connectivity index (χ4n) is 2.57. The maximum absolute atomic E-state index is 11.2. The second-order valence-corrected chi connectivity index (χ2v) is 6.99. The summed E-state index contributed by atoms with van der Waals surface area (Å²) in [7, 11) is -1.91. The maximum Gasteiger partial charge on any atom is 0.306 e. The smallest absolute Gasteiger partial charge is 0.306 e. The molecule has 7 nitrogen and oxygen atoms in total. The molecule has 0 saturated carbocycles. The van der Waals surface area contributed by atoms with Gasteiger partial charge in [0.1, 0.15) is 11.8 Å². The molecule has 0 radical (unpaired) electrons. The van der Waals surface area contributed by atoms with Crippen molar-refractivity contribution in [2.45, 2.75) is 6.04 Å². The minimum Gasteiger partial charge on any atom is -0.383 e. The summed E-state index contributed by atoms with van der Waals surface area (Å²) in [5.74, 6) is 0.253. The first-order valence-corrected chi connectivity index (χ1v) is 9.11. The summed E-state index contributed by atoms with van der Waals surface area (Å²) in [5.41, 5.74) is 0.782. The first-order valence-electron chi connectivity index (χ1n) is 7.30. The summed E-state index contributed by atoms with van der Waals surface area (Å²) in [5, 5.41) is 9.44. The Labute approximate surface area is 137 Å². The minimum absolute atomic E-state index is 0.253. The van der Waals surface area contributed by atoms with Crippen molar-refractivity contribution >= 4 is 15.8 Å². The van der Waals surface area contributed by atoms with Crippen molar-refractivity contribution in [2.24, 2.45) is 0 Å². The van der Waals surface area contributed by atoms with Crippen LogP contribution in [-0.4, -0.2) is 65.5 Å². The molecular weight excluding hydrogens is 318 g/mol.